The second kappa shape index (κ2) is 4.74. The number of ether oxygens (including phenoxy) is 1. The molecule has 0 atom stereocenters. The van der Waals surface area contributed by atoms with Crippen molar-refractivity contribution in [1.29, 1.82) is 0 Å². The molecule has 0 saturated heterocycles. The van der Waals surface area contributed by atoms with Crippen molar-refractivity contribution < 1.29 is 18.4 Å². The fourth-order valence-electron chi connectivity index (χ4n) is 1.26. The van der Waals surface area contributed by atoms with Gasteiger partial charge in [-0.25, -0.2) is 13.8 Å². The van der Waals surface area contributed by atoms with Crippen LogP contribution in [0.25, 0.3) is 0 Å². The lowest BCUT2D eigenvalue weighted by molar-refractivity contribution is -0.386. The summed E-state index contributed by atoms with van der Waals surface area (Å²) in [5.74, 6) is -2.41. The monoisotopic (exact) mass is 252 g/mol. The molecule has 7 heteroatoms. The largest absolute Gasteiger partial charge is 0.430 e. The summed E-state index contributed by atoms with van der Waals surface area (Å²) < 4.78 is 31.1. The van der Waals surface area contributed by atoms with Gasteiger partial charge in [0.1, 0.15) is 5.82 Å². The first-order chi connectivity index (χ1) is 8.58. The van der Waals surface area contributed by atoms with Crippen molar-refractivity contribution in [3.63, 3.8) is 0 Å². The normalized spacial score (nSPS) is 10.1. The van der Waals surface area contributed by atoms with Crippen molar-refractivity contribution in [2.24, 2.45) is 0 Å². The van der Waals surface area contributed by atoms with Crippen LogP contribution in [0.15, 0.2) is 36.5 Å². The molecule has 0 unspecified atom stereocenters. The minimum absolute atomic E-state index is 0.396. The summed E-state index contributed by atoms with van der Waals surface area (Å²) in [5.41, 5.74) is -0.429. The number of nitrogens with zero attached hydrogens (tertiary/aromatic N) is 2. The lowest BCUT2D eigenvalue weighted by atomic mass is 10.3. The van der Waals surface area contributed by atoms with Crippen molar-refractivity contribution in [1.82, 2.24) is 4.98 Å². The molecule has 5 nitrogen and oxygen atoms in total. The molecule has 1 aromatic carbocycles. The van der Waals surface area contributed by atoms with Crippen molar-refractivity contribution in [3.05, 3.63) is 58.3 Å². The fraction of sp³-hybridized carbons (Fsp3) is 0. The Morgan fingerprint density at radius 2 is 2.06 bits per heavy atom. The molecule has 0 spiro atoms. The van der Waals surface area contributed by atoms with Gasteiger partial charge in [-0.15, -0.1) is 0 Å². The molecule has 0 radical (unpaired) electrons. The topological polar surface area (TPSA) is 65.3 Å². The van der Waals surface area contributed by atoms with Crippen molar-refractivity contribution >= 4 is 5.69 Å². The van der Waals surface area contributed by atoms with E-state index in [-0.39, 0.29) is 0 Å². The molecule has 0 N–H and O–H groups in total. The van der Waals surface area contributed by atoms with Crippen LogP contribution in [0, 0.1) is 21.7 Å². The van der Waals surface area contributed by atoms with Gasteiger partial charge in [0.25, 0.3) is 5.88 Å². The first-order valence-corrected chi connectivity index (χ1v) is 4.80. The third-order valence-electron chi connectivity index (χ3n) is 2.05. The average molecular weight is 252 g/mol. The molecule has 1 aromatic heterocycles. The van der Waals surface area contributed by atoms with Gasteiger partial charge in [-0.2, -0.15) is 0 Å². The number of rotatable bonds is 3. The predicted octanol–water partition coefficient (Wildman–Crippen LogP) is 3.06. The Kier molecular flexibility index (Phi) is 3.13. The molecule has 0 bridgehead atoms. The van der Waals surface area contributed by atoms with Gasteiger partial charge in [-0.05, 0) is 18.2 Å². The molecule has 2 rings (SSSR count). The smallest absolute Gasteiger partial charge is 0.331 e. The van der Waals surface area contributed by atoms with E-state index in [1.807, 2.05) is 0 Å². The number of benzene rings is 1. The van der Waals surface area contributed by atoms with E-state index in [0.29, 0.717) is 0 Å². The molecular weight excluding hydrogens is 246 g/mol. The van der Waals surface area contributed by atoms with Crippen LogP contribution in [0.5, 0.6) is 11.6 Å². The van der Waals surface area contributed by atoms with Gasteiger partial charge in [0.05, 0.1) is 4.92 Å². The quantitative estimate of drug-likeness (QED) is 0.622. The molecule has 0 aliphatic heterocycles. The Bertz CT molecular complexity index is 605. The molecule has 1 heterocycles. The molecule has 0 saturated carbocycles. The number of hydrogen-bond acceptors (Lipinski definition) is 4. The molecule has 18 heavy (non-hydrogen) atoms. The van der Waals surface area contributed by atoms with Crippen LogP contribution in [-0.4, -0.2) is 9.91 Å². The molecule has 2 aromatic rings. The van der Waals surface area contributed by atoms with E-state index in [9.17, 15) is 18.9 Å². The Balaban J connectivity index is 2.40. The van der Waals surface area contributed by atoms with Crippen LogP contribution in [0.1, 0.15) is 0 Å². The molecule has 0 fully saturated rings. The summed E-state index contributed by atoms with van der Waals surface area (Å²) in [4.78, 5) is 13.6. The summed E-state index contributed by atoms with van der Waals surface area (Å²) in [5, 5.41) is 10.7. The zero-order chi connectivity index (χ0) is 13.1. The minimum Gasteiger partial charge on any atom is -0.430 e. The van der Waals surface area contributed by atoms with Gasteiger partial charge >= 0.3 is 5.69 Å². The number of pyridine rings is 1. The molecule has 0 aliphatic rings. The Morgan fingerprint density at radius 3 is 2.78 bits per heavy atom. The highest BCUT2D eigenvalue weighted by atomic mass is 19.1. The van der Waals surface area contributed by atoms with Gasteiger partial charge < -0.3 is 4.74 Å². The van der Waals surface area contributed by atoms with E-state index < -0.39 is 33.9 Å². The van der Waals surface area contributed by atoms with Gasteiger partial charge in [0, 0.05) is 18.3 Å². The Morgan fingerprint density at radius 1 is 1.28 bits per heavy atom. The van der Waals surface area contributed by atoms with Crippen LogP contribution in [-0.2, 0) is 0 Å². The van der Waals surface area contributed by atoms with E-state index in [1.165, 1.54) is 12.3 Å². The van der Waals surface area contributed by atoms with Crippen LogP contribution in [0.2, 0.25) is 0 Å². The Hall–Kier alpha value is -2.57. The zero-order valence-corrected chi connectivity index (χ0v) is 8.84. The number of nitro groups is 1. The highest BCUT2D eigenvalue weighted by Crippen LogP contribution is 2.30. The van der Waals surface area contributed by atoms with Crippen LogP contribution >= 0.6 is 0 Å². The van der Waals surface area contributed by atoms with Crippen LogP contribution < -0.4 is 4.74 Å². The van der Waals surface area contributed by atoms with E-state index in [2.05, 4.69) is 4.98 Å². The third-order valence-corrected chi connectivity index (χ3v) is 2.05. The van der Waals surface area contributed by atoms with Crippen molar-refractivity contribution in [2.75, 3.05) is 0 Å². The lowest BCUT2D eigenvalue weighted by Crippen LogP contribution is -1.97. The second-order valence-electron chi connectivity index (χ2n) is 3.26. The maximum atomic E-state index is 13.3. The molecule has 0 aliphatic carbocycles. The number of hydrogen-bond donors (Lipinski definition) is 0. The van der Waals surface area contributed by atoms with Gasteiger partial charge in [0.15, 0.2) is 11.6 Å². The highest BCUT2D eigenvalue weighted by molar-refractivity contribution is 5.42. The first kappa shape index (κ1) is 11.9. The summed E-state index contributed by atoms with van der Waals surface area (Å²) >= 11 is 0. The zero-order valence-electron chi connectivity index (χ0n) is 8.84. The van der Waals surface area contributed by atoms with Gasteiger partial charge in [0.2, 0.25) is 0 Å². The first-order valence-electron chi connectivity index (χ1n) is 4.80. The van der Waals surface area contributed by atoms with E-state index in [4.69, 9.17) is 4.74 Å². The van der Waals surface area contributed by atoms with Crippen molar-refractivity contribution in [3.8, 4) is 11.6 Å². The SMILES string of the molecule is O=[N+]([O-])c1cccnc1Oc1cc(F)ccc1F. The maximum Gasteiger partial charge on any atom is 0.331 e. The standard InChI is InChI=1S/C11H6F2N2O3/c12-7-3-4-8(13)10(6-7)18-11-9(15(16)17)2-1-5-14-11/h1-6H. The van der Waals surface area contributed by atoms with E-state index >= 15 is 0 Å². The summed E-state index contributed by atoms with van der Waals surface area (Å²) in [6.07, 6.45) is 1.25. The molecule has 0 amide bonds. The lowest BCUT2D eigenvalue weighted by Gasteiger charge is -2.05. The third kappa shape index (κ3) is 2.40. The summed E-state index contributed by atoms with van der Waals surface area (Å²) in [6, 6.07) is 5.05. The van der Waals surface area contributed by atoms with Crippen molar-refractivity contribution in [2.45, 2.75) is 0 Å². The summed E-state index contributed by atoms with van der Waals surface area (Å²) in [6.45, 7) is 0. The van der Waals surface area contributed by atoms with E-state index in [0.717, 1.165) is 24.3 Å². The Labute approximate surface area is 99.8 Å². The van der Waals surface area contributed by atoms with E-state index in [1.54, 1.807) is 0 Å². The number of halogens is 2. The maximum absolute atomic E-state index is 13.3. The van der Waals surface area contributed by atoms with Gasteiger partial charge in [-0.3, -0.25) is 10.1 Å². The fourth-order valence-corrected chi connectivity index (χ4v) is 1.26. The second-order valence-corrected chi connectivity index (χ2v) is 3.26. The molecular formula is C11H6F2N2O3. The minimum atomic E-state index is -0.837. The highest BCUT2D eigenvalue weighted by Gasteiger charge is 2.18. The van der Waals surface area contributed by atoms with Gasteiger partial charge in [-0.1, -0.05) is 0 Å². The average Bonchev–Trinajstić information content (AvgIpc) is 2.34. The number of aromatic nitrogens is 1. The summed E-state index contributed by atoms with van der Waals surface area (Å²) in [7, 11) is 0. The van der Waals surface area contributed by atoms with Crippen LogP contribution in [0.4, 0.5) is 14.5 Å². The van der Waals surface area contributed by atoms with Crippen LogP contribution in [0.3, 0.4) is 0 Å². The molecule has 92 valence electrons. The predicted molar refractivity (Wildman–Crippen MR) is 57.3 cm³/mol.